The molecule has 100 valence electrons. The first-order valence-corrected chi connectivity index (χ1v) is 5.86. The maximum Gasteiger partial charge on any atom is 0.258 e. The number of halogens is 1. The summed E-state index contributed by atoms with van der Waals surface area (Å²) in [5.41, 5.74) is 0. The van der Waals surface area contributed by atoms with Crippen LogP contribution in [0.3, 0.4) is 0 Å². The number of hydrogen-bond acceptors (Lipinski definition) is 3. The maximum absolute atomic E-state index is 12.9. The second-order valence-corrected chi connectivity index (χ2v) is 4.05. The van der Waals surface area contributed by atoms with Crippen LogP contribution in [0.5, 0.6) is 5.75 Å². The van der Waals surface area contributed by atoms with Gasteiger partial charge in [0.15, 0.2) is 6.61 Å². The average molecular weight is 263 g/mol. The number of nitrogens with one attached hydrogen (secondary N) is 1. The van der Waals surface area contributed by atoms with E-state index >= 15 is 0 Å². The number of furan rings is 1. The smallest absolute Gasteiger partial charge is 0.258 e. The fraction of sp³-hybridized carbons (Fsp3) is 0.214. The summed E-state index contributed by atoms with van der Waals surface area (Å²) in [4.78, 5) is 11.6. The van der Waals surface area contributed by atoms with Crippen molar-refractivity contribution >= 4 is 5.91 Å². The number of ether oxygens (including phenoxy) is 1. The zero-order chi connectivity index (χ0) is 13.7. The highest BCUT2D eigenvalue weighted by Gasteiger charge is 2.12. The molecule has 1 amide bonds. The highest BCUT2D eigenvalue weighted by Crippen LogP contribution is 2.13. The van der Waals surface area contributed by atoms with E-state index in [0.717, 1.165) is 0 Å². The predicted molar refractivity (Wildman–Crippen MR) is 67.2 cm³/mol. The Hall–Kier alpha value is -2.30. The number of carbonyl (C=O) groups is 1. The Balaban J connectivity index is 1.82. The van der Waals surface area contributed by atoms with E-state index in [1.807, 2.05) is 0 Å². The molecule has 0 saturated heterocycles. The van der Waals surface area contributed by atoms with Gasteiger partial charge < -0.3 is 14.5 Å². The number of carbonyl (C=O) groups excluding carboxylic acids is 1. The molecule has 1 aromatic heterocycles. The summed E-state index contributed by atoms with van der Waals surface area (Å²) in [6, 6.07) is 8.94. The molecule has 2 aromatic rings. The Morgan fingerprint density at radius 1 is 1.42 bits per heavy atom. The van der Waals surface area contributed by atoms with Crippen LogP contribution in [-0.4, -0.2) is 12.5 Å². The highest BCUT2D eigenvalue weighted by molar-refractivity contribution is 5.77. The van der Waals surface area contributed by atoms with Gasteiger partial charge in [0.1, 0.15) is 17.3 Å². The van der Waals surface area contributed by atoms with Crippen molar-refractivity contribution in [3.05, 3.63) is 54.2 Å². The van der Waals surface area contributed by atoms with E-state index in [-0.39, 0.29) is 18.6 Å². The quantitative estimate of drug-likeness (QED) is 0.902. The van der Waals surface area contributed by atoms with Crippen molar-refractivity contribution in [2.45, 2.75) is 13.0 Å². The van der Waals surface area contributed by atoms with Crippen LogP contribution in [0.4, 0.5) is 4.39 Å². The third-order valence-electron chi connectivity index (χ3n) is 2.51. The van der Waals surface area contributed by atoms with Gasteiger partial charge in [0.05, 0.1) is 12.3 Å². The lowest BCUT2D eigenvalue weighted by atomic mass is 10.2. The van der Waals surface area contributed by atoms with Crippen molar-refractivity contribution in [3.8, 4) is 5.75 Å². The minimum atomic E-state index is -0.401. The molecule has 1 N–H and O–H groups in total. The molecule has 0 aliphatic heterocycles. The van der Waals surface area contributed by atoms with E-state index < -0.39 is 5.82 Å². The van der Waals surface area contributed by atoms with E-state index in [0.29, 0.717) is 11.5 Å². The Kier molecular flexibility index (Phi) is 4.18. The van der Waals surface area contributed by atoms with Crippen molar-refractivity contribution in [2.24, 2.45) is 0 Å². The molecule has 0 unspecified atom stereocenters. The third-order valence-corrected chi connectivity index (χ3v) is 2.51. The maximum atomic E-state index is 12.9. The van der Waals surface area contributed by atoms with Crippen molar-refractivity contribution in [1.82, 2.24) is 5.32 Å². The lowest BCUT2D eigenvalue weighted by Crippen LogP contribution is -2.31. The molecule has 0 aliphatic rings. The van der Waals surface area contributed by atoms with Crippen molar-refractivity contribution in [2.75, 3.05) is 6.61 Å². The van der Waals surface area contributed by atoms with Gasteiger partial charge in [-0.3, -0.25) is 4.79 Å². The summed E-state index contributed by atoms with van der Waals surface area (Å²) in [6.45, 7) is 1.63. The van der Waals surface area contributed by atoms with Crippen LogP contribution in [0.2, 0.25) is 0 Å². The second kappa shape index (κ2) is 6.04. The molecule has 0 radical (unpaired) electrons. The van der Waals surface area contributed by atoms with Gasteiger partial charge in [-0.2, -0.15) is 0 Å². The van der Waals surface area contributed by atoms with Gasteiger partial charge in [-0.1, -0.05) is 6.07 Å². The molecule has 0 bridgehead atoms. The largest absolute Gasteiger partial charge is 0.484 e. The van der Waals surface area contributed by atoms with Gasteiger partial charge in [-0.05, 0) is 31.2 Å². The molecular weight excluding hydrogens is 249 g/mol. The van der Waals surface area contributed by atoms with Gasteiger partial charge in [0.2, 0.25) is 0 Å². The Bertz CT molecular complexity index is 539. The van der Waals surface area contributed by atoms with Gasteiger partial charge in [-0.25, -0.2) is 4.39 Å². The SMILES string of the molecule is C[C@@H](NC(=O)COc1cccc(F)c1)c1ccco1. The minimum absolute atomic E-state index is 0.172. The number of amides is 1. The molecule has 1 aromatic carbocycles. The first-order valence-electron chi connectivity index (χ1n) is 5.86. The average Bonchev–Trinajstić information content (AvgIpc) is 2.90. The van der Waals surface area contributed by atoms with Crippen LogP contribution in [0.25, 0.3) is 0 Å². The van der Waals surface area contributed by atoms with E-state index in [2.05, 4.69) is 5.32 Å². The summed E-state index contributed by atoms with van der Waals surface area (Å²) < 4.78 is 23.2. The van der Waals surface area contributed by atoms with Gasteiger partial charge in [-0.15, -0.1) is 0 Å². The van der Waals surface area contributed by atoms with E-state index in [1.54, 1.807) is 31.4 Å². The lowest BCUT2D eigenvalue weighted by Gasteiger charge is -2.12. The lowest BCUT2D eigenvalue weighted by molar-refractivity contribution is -0.123. The summed E-state index contributed by atoms with van der Waals surface area (Å²) in [5.74, 6) is 0.287. The summed E-state index contributed by atoms with van der Waals surface area (Å²) >= 11 is 0. The number of benzene rings is 1. The highest BCUT2D eigenvalue weighted by atomic mass is 19.1. The minimum Gasteiger partial charge on any atom is -0.484 e. The molecule has 5 heteroatoms. The fourth-order valence-corrected chi connectivity index (χ4v) is 1.60. The van der Waals surface area contributed by atoms with Gasteiger partial charge in [0, 0.05) is 6.07 Å². The Morgan fingerprint density at radius 3 is 2.95 bits per heavy atom. The molecule has 0 spiro atoms. The van der Waals surface area contributed by atoms with Crippen LogP contribution in [0.15, 0.2) is 47.1 Å². The first-order chi connectivity index (χ1) is 9.15. The van der Waals surface area contributed by atoms with E-state index in [9.17, 15) is 9.18 Å². The molecule has 19 heavy (non-hydrogen) atoms. The Morgan fingerprint density at radius 2 is 2.26 bits per heavy atom. The zero-order valence-electron chi connectivity index (χ0n) is 10.4. The molecule has 0 fully saturated rings. The molecule has 2 rings (SSSR count). The first kappa shape index (κ1) is 13.1. The van der Waals surface area contributed by atoms with Crippen LogP contribution in [0, 0.1) is 5.82 Å². The predicted octanol–water partition coefficient (Wildman–Crippen LogP) is 2.67. The van der Waals surface area contributed by atoms with Crippen LogP contribution in [-0.2, 0) is 4.79 Å². The van der Waals surface area contributed by atoms with E-state index in [4.69, 9.17) is 9.15 Å². The second-order valence-electron chi connectivity index (χ2n) is 4.05. The standard InChI is InChI=1S/C14H14FNO3/c1-10(13-6-3-7-18-13)16-14(17)9-19-12-5-2-4-11(15)8-12/h2-8,10H,9H2,1H3,(H,16,17)/t10-/m1/s1. The Labute approximate surface area is 110 Å². The fourth-order valence-electron chi connectivity index (χ4n) is 1.60. The van der Waals surface area contributed by atoms with Crippen molar-refractivity contribution in [1.29, 1.82) is 0 Å². The number of hydrogen-bond donors (Lipinski definition) is 1. The summed E-state index contributed by atoms with van der Waals surface area (Å²) in [7, 11) is 0. The zero-order valence-corrected chi connectivity index (χ0v) is 10.4. The van der Waals surface area contributed by atoms with Crippen LogP contribution in [0.1, 0.15) is 18.7 Å². The normalized spacial score (nSPS) is 11.9. The van der Waals surface area contributed by atoms with E-state index in [1.165, 1.54) is 18.2 Å². The van der Waals surface area contributed by atoms with Crippen LogP contribution < -0.4 is 10.1 Å². The topological polar surface area (TPSA) is 51.5 Å². The molecule has 4 nitrogen and oxygen atoms in total. The molecule has 0 saturated carbocycles. The van der Waals surface area contributed by atoms with Gasteiger partial charge >= 0.3 is 0 Å². The molecular formula is C14H14FNO3. The summed E-state index contributed by atoms with van der Waals surface area (Å²) in [6.07, 6.45) is 1.54. The molecule has 1 heterocycles. The van der Waals surface area contributed by atoms with Gasteiger partial charge in [0.25, 0.3) is 5.91 Å². The van der Waals surface area contributed by atoms with Crippen molar-refractivity contribution in [3.63, 3.8) is 0 Å². The molecule has 0 aliphatic carbocycles. The molecule has 1 atom stereocenters. The number of rotatable bonds is 5. The van der Waals surface area contributed by atoms with Crippen molar-refractivity contribution < 1.29 is 18.3 Å². The van der Waals surface area contributed by atoms with Crippen LogP contribution >= 0.6 is 0 Å². The summed E-state index contributed by atoms with van der Waals surface area (Å²) in [5, 5.41) is 2.72. The third kappa shape index (κ3) is 3.84. The monoisotopic (exact) mass is 263 g/mol.